The van der Waals surface area contributed by atoms with E-state index < -0.39 is 35.4 Å². The van der Waals surface area contributed by atoms with Crippen molar-refractivity contribution in [2.45, 2.75) is 39.0 Å². The predicted octanol–water partition coefficient (Wildman–Crippen LogP) is 2.82. The van der Waals surface area contributed by atoms with Crippen LogP contribution in [0.5, 0.6) is 0 Å². The number of hydrogen-bond acceptors (Lipinski definition) is 5. The van der Waals surface area contributed by atoms with Gasteiger partial charge in [-0.15, -0.1) is 0 Å². The Bertz CT molecular complexity index is 1050. The Morgan fingerprint density at radius 2 is 2.00 bits per heavy atom. The van der Waals surface area contributed by atoms with Gasteiger partial charge in [-0.25, -0.2) is 14.0 Å². The lowest BCUT2D eigenvalue weighted by Crippen LogP contribution is -2.46. The van der Waals surface area contributed by atoms with Crippen LogP contribution in [0.3, 0.4) is 0 Å². The van der Waals surface area contributed by atoms with Gasteiger partial charge in [-0.05, 0) is 39.0 Å². The zero-order valence-corrected chi connectivity index (χ0v) is 17.2. The molecule has 0 radical (unpaired) electrons. The lowest BCUT2D eigenvalue weighted by Gasteiger charge is -2.33. The van der Waals surface area contributed by atoms with E-state index in [0.717, 1.165) is 10.7 Å². The molecule has 0 aliphatic carbocycles. The molecule has 1 unspecified atom stereocenters. The van der Waals surface area contributed by atoms with Gasteiger partial charge in [-0.3, -0.25) is 14.4 Å². The monoisotopic (exact) mass is 438 g/mol. The summed E-state index contributed by atoms with van der Waals surface area (Å²) < 4.78 is 20.0. The van der Waals surface area contributed by atoms with Crippen LogP contribution in [0.15, 0.2) is 18.2 Å². The summed E-state index contributed by atoms with van der Waals surface area (Å²) in [5.74, 6) is -2.79. The Morgan fingerprint density at radius 3 is 2.53 bits per heavy atom. The summed E-state index contributed by atoms with van der Waals surface area (Å²) in [5, 5.41) is 13.7. The molecule has 1 aliphatic heterocycles. The highest BCUT2D eigenvalue weighted by atomic mass is 35.5. The first-order valence-electron chi connectivity index (χ1n) is 8.96. The fourth-order valence-electron chi connectivity index (χ4n) is 3.16. The van der Waals surface area contributed by atoms with Crippen molar-refractivity contribution in [3.63, 3.8) is 0 Å². The molecule has 3 N–H and O–H groups in total. The number of benzene rings is 1. The van der Waals surface area contributed by atoms with Gasteiger partial charge in [0, 0.05) is 5.56 Å². The molecular formula is C19H20ClFN4O5. The molecule has 160 valence electrons. The van der Waals surface area contributed by atoms with Crippen LogP contribution >= 0.6 is 11.6 Å². The van der Waals surface area contributed by atoms with Crippen molar-refractivity contribution >= 4 is 29.6 Å². The van der Waals surface area contributed by atoms with E-state index in [9.17, 15) is 23.9 Å². The quantitative estimate of drug-likeness (QED) is 0.758. The maximum absolute atomic E-state index is 13.6. The molecule has 1 aromatic heterocycles. The Morgan fingerprint density at radius 1 is 1.33 bits per heavy atom. The molecule has 0 fully saturated rings. The number of carboxylic acid groups (broad SMARTS) is 1. The molecular weight excluding hydrogens is 419 g/mol. The molecule has 3 rings (SSSR count). The number of rotatable bonds is 3. The van der Waals surface area contributed by atoms with Crippen molar-refractivity contribution in [3.8, 4) is 11.3 Å². The number of halogens is 2. The average Bonchev–Trinajstić information content (AvgIpc) is 3.01. The smallest absolute Gasteiger partial charge is 0.410 e. The van der Waals surface area contributed by atoms with Crippen LogP contribution in [0.2, 0.25) is 5.02 Å². The average molecular weight is 439 g/mol. The fraction of sp³-hybridized carbons (Fsp3) is 0.368. The first-order valence-corrected chi connectivity index (χ1v) is 9.34. The number of primary amides is 1. The lowest BCUT2D eigenvalue weighted by atomic mass is 10.0. The number of nitrogens with two attached hydrogens (primary N) is 1. The highest BCUT2D eigenvalue weighted by Gasteiger charge is 2.39. The lowest BCUT2D eigenvalue weighted by molar-refractivity contribution is -0.142. The van der Waals surface area contributed by atoms with Crippen LogP contribution in [0, 0.1) is 5.82 Å². The van der Waals surface area contributed by atoms with Crippen LogP contribution < -0.4 is 5.73 Å². The number of amides is 2. The number of carbonyl (C=O) groups excluding carboxylic acids is 2. The number of aliphatic carboxylic acids is 1. The first-order chi connectivity index (χ1) is 13.9. The molecule has 9 nitrogen and oxygen atoms in total. The Balaban J connectivity index is 2.13. The second-order valence-corrected chi connectivity index (χ2v) is 8.23. The normalized spacial score (nSPS) is 16.2. The van der Waals surface area contributed by atoms with Crippen molar-refractivity contribution in [1.82, 2.24) is 14.7 Å². The largest absolute Gasteiger partial charge is 0.480 e. The number of aromatic nitrogens is 2. The van der Waals surface area contributed by atoms with Crippen LogP contribution in [-0.2, 0) is 16.1 Å². The van der Waals surface area contributed by atoms with Crippen molar-refractivity contribution < 1.29 is 28.6 Å². The summed E-state index contributed by atoms with van der Waals surface area (Å²) in [5.41, 5.74) is 5.16. The van der Waals surface area contributed by atoms with Gasteiger partial charge < -0.3 is 15.6 Å². The molecule has 11 heteroatoms. The molecule has 0 saturated heterocycles. The highest BCUT2D eigenvalue weighted by molar-refractivity contribution is 6.31. The van der Waals surface area contributed by atoms with Crippen LogP contribution in [0.25, 0.3) is 11.3 Å². The summed E-state index contributed by atoms with van der Waals surface area (Å²) in [7, 11) is 0. The summed E-state index contributed by atoms with van der Waals surface area (Å²) >= 11 is 5.84. The number of carboxylic acids is 1. The van der Waals surface area contributed by atoms with Gasteiger partial charge in [0.05, 0.1) is 29.4 Å². The first kappa shape index (κ1) is 21.6. The maximum Gasteiger partial charge on any atom is 0.410 e. The van der Waals surface area contributed by atoms with Crippen molar-refractivity contribution in [1.29, 1.82) is 0 Å². The highest BCUT2D eigenvalue weighted by Crippen LogP contribution is 2.33. The number of ether oxygens (including phenoxy) is 1. The predicted molar refractivity (Wildman–Crippen MR) is 104 cm³/mol. The van der Waals surface area contributed by atoms with E-state index in [2.05, 4.69) is 5.10 Å². The number of nitrogens with zero attached hydrogens (tertiary/aromatic N) is 3. The molecule has 2 heterocycles. The molecule has 1 aromatic carbocycles. The van der Waals surface area contributed by atoms with Crippen LogP contribution in [0.1, 0.15) is 42.9 Å². The third-order valence-corrected chi connectivity index (χ3v) is 4.70. The second-order valence-electron chi connectivity index (χ2n) is 7.82. The van der Waals surface area contributed by atoms with E-state index in [-0.39, 0.29) is 40.6 Å². The van der Waals surface area contributed by atoms with E-state index in [0.29, 0.717) is 0 Å². The number of carbonyl (C=O) groups is 3. The zero-order valence-electron chi connectivity index (χ0n) is 16.5. The number of fused-ring (bicyclic) bond motifs is 1. The molecule has 0 bridgehead atoms. The topological polar surface area (TPSA) is 128 Å². The van der Waals surface area contributed by atoms with Crippen LogP contribution in [0.4, 0.5) is 9.18 Å². The summed E-state index contributed by atoms with van der Waals surface area (Å²) in [4.78, 5) is 37.8. The second kappa shape index (κ2) is 7.60. The van der Waals surface area contributed by atoms with E-state index >= 15 is 0 Å². The zero-order chi connectivity index (χ0) is 22.4. The van der Waals surface area contributed by atoms with Crippen molar-refractivity contribution in [2.75, 3.05) is 6.54 Å². The minimum Gasteiger partial charge on any atom is -0.480 e. The number of hydrogen-bond donors (Lipinski definition) is 2. The van der Waals surface area contributed by atoms with E-state index in [1.54, 1.807) is 20.8 Å². The SMILES string of the molecule is CC(C)(C)OC(=O)N1Cc2c(C(N)=O)c(-c3ccc(F)c(Cl)c3)nn2C(C(=O)O)C1. The Kier molecular flexibility index (Phi) is 5.46. The Hall–Kier alpha value is -3.14. The molecule has 2 aromatic rings. The third kappa shape index (κ3) is 4.09. The van der Waals surface area contributed by atoms with Gasteiger partial charge >= 0.3 is 12.1 Å². The van der Waals surface area contributed by atoms with E-state index in [1.807, 2.05) is 0 Å². The van der Waals surface area contributed by atoms with Crippen molar-refractivity contribution in [2.24, 2.45) is 5.73 Å². The van der Waals surface area contributed by atoms with Gasteiger partial charge in [0.1, 0.15) is 17.1 Å². The molecule has 1 aliphatic rings. The molecule has 30 heavy (non-hydrogen) atoms. The van der Waals surface area contributed by atoms with Gasteiger partial charge in [0.15, 0.2) is 6.04 Å². The molecule has 2 amide bonds. The summed E-state index contributed by atoms with van der Waals surface area (Å²) in [6, 6.07) is 2.44. The van der Waals surface area contributed by atoms with Crippen LogP contribution in [-0.4, -0.2) is 49.9 Å². The van der Waals surface area contributed by atoms with Gasteiger partial charge in [-0.1, -0.05) is 11.6 Å². The Labute approximate surface area is 176 Å². The standard InChI is InChI=1S/C19H20ClFN4O5/c1-19(2,3)30-18(29)24-7-12-14(16(22)26)15(9-4-5-11(21)10(20)6-9)23-25(12)13(8-24)17(27)28/h4-6,13H,7-8H2,1-3H3,(H2,22,26)(H,27,28). The van der Waals surface area contributed by atoms with Gasteiger partial charge in [-0.2, -0.15) is 5.10 Å². The minimum atomic E-state index is -1.27. The maximum atomic E-state index is 13.6. The van der Waals surface area contributed by atoms with Gasteiger partial charge in [0.25, 0.3) is 5.91 Å². The molecule has 0 saturated carbocycles. The van der Waals surface area contributed by atoms with Gasteiger partial charge in [0.2, 0.25) is 0 Å². The third-order valence-electron chi connectivity index (χ3n) is 4.42. The van der Waals surface area contributed by atoms with Crippen molar-refractivity contribution in [3.05, 3.63) is 40.3 Å². The fourth-order valence-corrected chi connectivity index (χ4v) is 3.34. The molecule has 1 atom stereocenters. The summed E-state index contributed by atoms with van der Waals surface area (Å²) in [6.45, 7) is 4.68. The van der Waals surface area contributed by atoms with E-state index in [4.69, 9.17) is 22.1 Å². The summed E-state index contributed by atoms with van der Waals surface area (Å²) in [6.07, 6.45) is -0.733. The minimum absolute atomic E-state index is 0.0525. The van der Waals surface area contributed by atoms with E-state index in [1.165, 1.54) is 17.0 Å². The molecule has 0 spiro atoms.